The van der Waals surface area contributed by atoms with E-state index in [1.165, 1.54) is 0 Å². The lowest BCUT2D eigenvalue weighted by Gasteiger charge is -2.13. The summed E-state index contributed by atoms with van der Waals surface area (Å²) in [6.07, 6.45) is 3.61. The molecule has 74 valence electrons. The molecule has 14 heavy (non-hydrogen) atoms. The average Bonchev–Trinajstić information content (AvgIpc) is 2.47. The lowest BCUT2D eigenvalue weighted by Crippen LogP contribution is -2.25. The summed E-state index contributed by atoms with van der Waals surface area (Å²) in [4.78, 5) is 21.2. The maximum Gasteiger partial charge on any atom is 0.229 e. The topological polar surface area (TPSA) is 46.1 Å². The molecule has 1 unspecified atom stereocenters. The number of hydrogen-bond donors (Lipinski definition) is 0. The highest BCUT2D eigenvalue weighted by molar-refractivity contribution is 14.1. The van der Waals surface area contributed by atoms with Crippen LogP contribution in [0.3, 0.4) is 0 Å². The Balaban J connectivity index is 2.23. The maximum atomic E-state index is 11.4. The van der Waals surface area contributed by atoms with E-state index in [1.54, 1.807) is 17.3 Å². The van der Waals surface area contributed by atoms with Crippen molar-refractivity contribution in [1.82, 2.24) is 9.97 Å². The summed E-state index contributed by atoms with van der Waals surface area (Å²) in [7, 11) is 0. The fraction of sp³-hybridized carbons (Fsp3) is 0.375. The van der Waals surface area contributed by atoms with Gasteiger partial charge < -0.3 is 0 Å². The predicted molar refractivity (Wildman–Crippen MR) is 61.4 cm³/mol. The van der Waals surface area contributed by atoms with Crippen molar-refractivity contribution in [1.29, 1.82) is 0 Å². The van der Waals surface area contributed by atoms with Crippen molar-refractivity contribution in [2.75, 3.05) is 11.4 Å². The van der Waals surface area contributed by atoms with Crippen LogP contribution < -0.4 is 4.90 Å². The smallest absolute Gasteiger partial charge is 0.229 e. The molecule has 0 spiro atoms. The normalized spacial score (nSPS) is 21.7. The van der Waals surface area contributed by atoms with Gasteiger partial charge in [0.2, 0.25) is 5.91 Å². The predicted octanol–water partition coefficient (Wildman–Crippen LogP) is 1.43. The highest BCUT2D eigenvalue weighted by atomic mass is 127. The molecule has 0 N–H and O–H groups in total. The second-order valence-electron chi connectivity index (χ2n) is 3.00. The Labute approximate surface area is 99.8 Å². The first-order valence-corrected chi connectivity index (χ1v) is 5.60. The van der Waals surface area contributed by atoms with E-state index in [1.807, 2.05) is 0 Å². The van der Waals surface area contributed by atoms with Gasteiger partial charge in [-0.25, -0.2) is 9.97 Å². The fourth-order valence-electron chi connectivity index (χ4n) is 1.33. The molecule has 1 fully saturated rings. The molecule has 0 radical (unpaired) electrons. The molecule has 0 aromatic carbocycles. The van der Waals surface area contributed by atoms with Crippen molar-refractivity contribution in [3.63, 3.8) is 0 Å². The molecule has 1 saturated heterocycles. The zero-order chi connectivity index (χ0) is 10.1. The second kappa shape index (κ2) is 3.98. The number of carbonyl (C=O) groups excluding carboxylic acids is 1. The van der Waals surface area contributed by atoms with E-state index in [4.69, 9.17) is 11.6 Å². The molecule has 1 atom stereocenters. The van der Waals surface area contributed by atoms with Crippen molar-refractivity contribution in [3.05, 3.63) is 16.1 Å². The number of halogens is 2. The molecule has 1 aliphatic rings. The van der Waals surface area contributed by atoms with Crippen LogP contribution >= 0.6 is 34.2 Å². The first-order chi connectivity index (χ1) is 6.66. The van der Waals surface area contributed by atoms with Gasteiger partial charge in [0.1, 0.15) is 3.70 Å². The van der Waals surface area contributed by atoms with Gasteiger partial charge in [0, 0.05) is 13.0 Å². The standard InChI is InChI=1S/C8H7ClIN3O/c9-5-1-8(14)13(4-5)7-3-11-6(10)2-12-7/h2-3,5H,1,4H2. The summed E-state index contributed by atoms with van der Waals surface area (Å²) in [5.41, 5.74) is 0. The molecular formula is C8H7ClIN3O. The van der Waals surface area contributed by atoms with Crippen LogP contribution in [0.1, 0.15) is 6.42 Å². The molecule has 1 aromatic heterocycles. The average molecular weight is 324 g/mol. The van der Waals surface area contributed by atoms with Gasteiger partial charge in [-0.2, -0.15) is 0 Å². The molecule has 0 saturated carbocycles. The SMILES string of the molecule is O=C1CC(Cl)CN1c1cnc(I)cn1. The Morgan fingerprint density at radius 2 is 2.29 bits per heavy atom. The Kier molecular flexibility index (Phi) is 2.87. The van der Waals surface area contributed by atoms with Gasteiger partial charge >= 0.3 is 0 Å². The first-order valence-electron chi connectivity index (χ1n) is 4.09. The van der Waals surface area contributed by atoms with Crippen molar-refractivity contribution in [2.24, 2.45) is 0 Å². The largest absolute Gasteiger partial charge is 0.294 e. The van der Waals surface area contributed by atoms with Crippen LogP contribution in [-0.2, 0) is 4.79 Å². The second-order valence-corrected chi connectivity index (χ2v) is 4.73. The Bertz CT molecular complexity index is 356. The van der Waals surface area contributed by atoms with E-state index < -0.39 is 0 Å². The molecule has 1 amide bonds. The van der Waals surface area contributed by atoms with Crippen LogP contribution in [-0.4, -0.2) is 27.8 Å². The number of nitrogens with zero attached hydrogens (tertiary/aromatic N) is 3. The number of rotatable bonds is 1. The highest BCUT2D eigenvalue weighted by Gasteiger charge is 2.29. The number of alkyl halides is 1. The molecule has 2 heterocycles. The van der Waals surface area contributed by atoms with E-state index in [-0.39, 0.29) is 11.3 Å². The summed E-state index contributed by atoms with van der Waals surface area (Å²) < 4.78 is 0.806. The minimum atomic E-state index is -0.108. The van der Waals surface area contributed by atoms with E-state index in [9.17, 15) is 4.79 Å². The third kappa shape index (κ3) is 1.98. The number of aromatic nitrogens is 2. The van der Waals surface area contributed by atoms with Crippen LogP contribution in [0.2, 0.25) is 0 Å². The Morgan fingerprint density at radius 1 is 1.50 bits per heavy atom. The minimum Gasteiger partial charge on any atom is -0.294 e. The summed E-state index contributed by atoms with van der Waals surface area (Å²) in [5.74, 6) is 0.596. The monoisotopic (exact) mass is 323 g/mol. The van der Waals surface area contributed by atoms with E-state index in [2.05, 4.69) is 32.6 Å². The van der Waals surface area contributed by atoms with E-state index >= 15 is 0 Å². The highest BCUT2D eigenvalue weighted by Crippen LogP contribution is 2.21. The van der Waals surface area contributed by atoms with Gasteiger partial charge in [-0.05, 0) is 22.6 Å². The Morgan fingerprint density at radius 3 is 2.79 bits per heavy atom. The molecule has 0 aliphatic carbocycles. The van der Waals surface area contributed by atoms with Crippen LogP contribution in [0.4, 0.5) is 5.82 Å². The van der Waals surface area contributed by atoms with Gasteiger partial charge in [-0.15, -0.1) is 11.6 Å². The van der Waals surface area contributed by atoms with Crippen LogP contribution in [0.15, 0.2) is 12.4 Å². The van der Waals surface area contributed by atoms with Crippen LogP contribution in [0.25, 0.3) is 0 Å². The maximum absolute atomic E-state index is 11.4. The zero-order valence-corrected chi connectivity index (χ0v) is 10.1. The molecule has 1 aromatic rings. The van der Waals surface area contributed by atoms with Crippen molar-refractivity contribution in [2.45, 2.75) is 11.8 Å². The molecule has 2 rings (SSSR count). The van der Waals surface area contributed by atoms with Crippen LogP contribution in [0.5, 0.6) is 0 Å². The lowest BCUT2D eigenvalue weighted by molar-refractivity contribution is -0.117. The van der Waals surface area contributed by atoms with Gasteiger partial charge in [0.25, 0.3) is 0 Å². The third-order valence-corrected chi connectivity index (χ3v) is 2.81. The Hall–Kier alpha value is -0.430. The van der Waals surface area contributed by atoms with Gasteiger partial charge in [0.15, 0.2) is 5.82 Å². The summed E-state index contributed by atoms with van der Waals surface area (Å²) in [6, 6.07) is 0. The third-order valence-electron chi connectivity index (χ3n) is 1.96. The summed E-state index contributed by atoms with van der Waals surface area (Å²) in [5, 5.41) is -0.108. The fourth-order valence-corrected chi connectivity index (χ4v) is 1.88. The number of carbonyl (C=O) groups is 1. The molecule has 0 bridgehead atoms. The quantitative estimate of drug-likeness (QED) is 0.580. The van der Waals surface area contributed by atoms with Crippen molar-refractivity contribution >= 4 is 45.9 Å². The summed E-state index contributed by atoms with van der Waals surface area (Å²) in [6.45, 7) is 0.523. The van der Waals surface area contributed by atoms with Crippen molar-refractivity contribution < 1.29 is 4.79 Å². The van der Waals surface area contributed by atoms with Gasteiger partial charge in [-0.3, -0.25) is 9.69 Å². The molecular weight excluding hydrogens is 316 g/mol. The van der Waals surface area contributed by atoms with E-state index in [0.29, 0.717) is 18.8 Å². The number of anilines is 1. The zero-order valence-electron chi connectivity index (χ0n) is 7.15. The lowest BCUT2D eigenvalue weighted by atomic mass is 10.4. The molecule has 1 aliphatic heterocycles. The van der Waals surface area contributed by atoms with E-state index in [0.717, 1.165) is 3.70 Å². The van der Waals surface area contributed by atoms with Crippen LogP contribution in [0, 0.1) is 3.70 Å². The number of hydrogen-bond acceptors (Lipinski definition) is 3. The summed E-state index contributed by atoms with van der Waals surface area (Å²) >= 11 is 7.94. The minimum absolute atomic E-state index is 0.0144. The van der Waals surface area contributed by atoms with Gasteiger partial charge in [-0.1, -0.05) is 0 Å². The first kappa shape index (κ1) is 10.1. The van der Waals surface area contributed by atoms with Crippen molar-refractivity contribution in [3.8, 4) is 0 Å². The van der Waals surface area contributed by atoms with Gasteiger partial charge in [0.05, 0.1) is 17.8 Å². The number of amides is 1. The molecule has 6 heteroatoms. The molecule has 4 nitrogen and oxygen atoms in total.